The quantitative estimate of drug-likeness (QED) is 0.575. The van der Waals surface area contributed by atoms with Crippen molar-refractivity contribution < 1.29 is 18.0 Å². The van der Waals surface area contributed by atoms with Crippen molar-refractivity contribution in [3.63, 3.8) is 0 Å². The van der Waals surface area contributed by atoms with E-state index in [0.717, 1.165) is 0 Å². The lowest BCUT2D eigenvalue weighted by atomic mass is 10.1. The molecule has 0 atom stereocenters. The fourth-order valence-electron chi connectivity index (χ4n) is 2.73. The summed E-state index contributed by atoms with van der Waals surface area (Å²) in [6, 6.07) is 12.6. The number of nitrogens with one attached hydrogen (secondary N) is 2. The van der Waals surface area contributed by atoms with Crippen molar-refractivity contribution in [2.75, 3.05) is 16.4 Å². The second-order valence-electron chi connectivity index (χ2n) is 6.56. The molecule has 1 aromatic heterocycles. The molecule has 0 radical (unpaired) electrons. The number of rotatable bonds is 8. The molecule has 156 valence electrons. The van der Waals surface area contributed by atoms with Crippen LogP contribution in [0.15, 0.2) is 72.1 Å². The van der Waals surface area contributed by atoms with Crippen LogP contribution in [0.1, 0.15) is 23.7 Å². The third kappa shape index (κ3) is 5.54. The Kier molecular flexibility index (Phi) is 6.63. The highest BCUT2D eigenvalue weighted by Gasteiger charge is 2.12. The second kappa shape index (κ2) is 9.36. The fraction of sp³-hybridized carbons (Fsp3) is 0.190. The summed E-state index contributed by atoms with van der Waals surface area (Å²) in [5, 5.41) is 5.50. The number of aromatic nitrogens is 2. The van der Waals surface area contributed by atoms with Crippen molar-refractivity contribution >= 4 is 33.0 Å². The maximum atomic E-state index is 12.5. The molecule has 0 spiro atoms. The first-order chi connectivity index (χ1) is 14.4. The highest BCUT2D eigenvalue weighted by molar-refractivity contribution is 7.91. The molecule has 0 unspecified atom stereocenters. The van der Waals surface area contributed by atoms with Gasteiger partial charge in [-0.3, -0.25) is 9.59 Å². The van der Waals surface area contributed by atoms with E-state index in [1.54, 1.807) is 66.6 Å². The van der Waals surface area contributed by atoms with Crippen LogP contribution in [0.3, 0.4) is 0 Å². The van der Waals surface area contributed by atoms with E-state index >= 15 is 0 Å². The number of hydrogen-bond donors (Lipinski definition) is 2. The van der Waals surface area contributed by atoms with Gasteiger partial charge < -0.3 is 15.2 Å². The number of hydrogen-bond acceptors (Lipinski definition) is 5. The van der Waals surface area contributed by atoms with E-state index in [9.17, 15) is 18.0 Å². The van der Waals surface area contributed by atoms with E-state index < -0.39 is 9.84 Å². The zero-order valence-corrected chi connectivity index (χ0v) is 17.2. The average molecular weight is 426 g/mol. The highest BCUT2D eigenvalue weighted by Crippen LogP contribution is 2.17. The molecule has 8 nitrogen and oxygen atoms in total. The van der Waals surface area contributed by atoms with Gasteiger partial charge in [-0.2, -0.15) is 0 Å². The topological polar surface area (TPSA) is 110 Å². The third-order valence-electron chi connectivity index (χ3n) is 4.42. The molecular formula is C21H22N4O4S. The van der Waals surface area contributed by atoms with E-state index in [0.29, 0.717) is 23.5 Å². The first kappa shape index (κ1) is 21.3. The Labute approximate surface area is 174 Å². The molecule has 3 aromatic rings. The average Bonchev–Trinajstić information content (AvgIpc) is 3.26. The summed E-state index contributed by atoms with van der Waals surface area (Å²) >= 11 is 0. The number of imidazole rings is 1. The van der Waals surface area contributed by atoms with Gasteiger partial charge in [0.1, 0.15) is 0 Å². The number of carbonyl (C=O) groups is 2. The Morgan fingerprint density at radius 2 is 1.80 bits per heavy atom. The lowest BCUT2D eigenvalue weighted by Gasteiger charge is -2.09. The number of anilines is 2. The van der Waals surface area contributed by atoms with Crippen molar-refractivity contribution in [1.82, 2.24) is 9.55 Å². The Bertz CT molecular complexity index is 1120. The molecule has 0 aliphatic heterocycles. The van der Waals surface area contributed by atoms with Gasteiger partial charge in [0.05, 0.1) is 17.0 Å². The molecule has 1 heterocycles. The van der Waals surface area contributed by atoms with Crippen LogP contribution in [0.4, 0.5) is 11.4 Å². The first-order valence-corrected chi connectivity index (χ1v) is 11.0. The molecule has 2 aromatic carbocycles. The summed E-state index contributed by atoms with van der Waals surface area (Å²) in [5.41, 5.74) is 1.36. The summed E-state index contributed by atoms with van der Waals surface area (Å²) in [7, 11) is -3.29. The van der Waals surface area contributed by atoms with Crippen molar-refractivity contribution in [1.29, 1.82) is 0 Å². The maximum absolute atomic E-state index is 12.5. The van der Waals surface area contributed by atoms with E-state index in [1.807, 2.05) is 0 Å². The van der Waals surface area contributed by atoms with Crippen LogP contribution in [-0.2, 0) is 21.2 Å². The highest BCUT2D eigenvalue weighted by atomic mass is 32.2. The van der Waals surface area contributed by atoms with E-state index in [2.05, 4.69) is 15.6 Å². The van der Waals surface area contributed by atoms with Gasteiger partial charge in [0, 0.05) is 42.3 Å². The minimum atomic E-state index is -3.29. The predicted octanol–water partition coefficient (Wildman–Crippen LogP) is 2.96. The Balaban J connectivity index is 1.60. The molecule has 0 saturated carbocycles. The monoisotopic (exact) mass is 426 g/mol. The first-order valence-electron chi connectivity index (χ1n) is 9.37. The van der Waals surface area contributed by atoms with Gasteiger partial charge in [-0.25, -0.2) is 13.4 Å². The van der Waals surface area contributed by atoms with Crippen molar-refractivity contribution in [2.24, 2.45) is 0 Å². The summed E-state index contributed by atoms with van der Waals surface area (Å²) in [6.07, 6.45) is 5.35. The normalized spacial score (nSPS) is 11.1. The molecule has 0 aliphatic rings. The molecule has 0 bridgehead atoms. The van der Waals surface area contributed by atoms with E-state index in [4.69, 9.17) is 0 Å². The van der Waals surface area contributed by atoms with Gasteiger partial charge in [-0.15, -0.1) is 0 Å². The molecule has 9 heteroatoms. The van der Waals surface area contributed by atoms with Crippen LogP contribution in [0, 0.1) is 0 Å². The number of sulfone groups is 1. The summed E-state index contributed by atoms with van der Waals surface area (Å²) < 4.78 is 25.5. The molecular weight excluding hydrogens is 404 g/mol. The molecule has 0 saturated heterocycles. The van der Waals surface area contributed by atoms with Crippen LogP contribution >= 0.6 is 0 Å². The van der Waals surface area contributed by atoms with Crippen LogP contribution in [0.2, 0.25) is 0 Å². The van der Waals surface area contributed by atoms with Gasteiger partial charge >= 0.3 is 0 Å². The second-order valence-corrected chi connectivity index (χ2v) is 8.84. The Morgan fingerprint density at radius 3 is 2.47 bits per heavy atom. The van der Waals surface area contributed by atoms with Gasteiger partial charge in [0.25, 0.3) is 5.91 Å². The zero-order chi connectivity index (χ0) is 21.6. The summed E-state index contributed by atoms with van der Waals surface area (Å²) in [6.45, 7) is 2.09. The minimum Gasteiger partial charge on any atom is -0.337 e. The van der Waals surface area contributed by atoms with Crippen LogP contribution < -0.4 is 10.6 Å². The minimum absolute atomic E-state index is 0.0134. The zero-order valence-electron chi connectivity index (χ0n) is 16.4. The van der Waals surface area contributed by atoms with Crippen LogP contribution in [0.5, 0.6) is 0 Å². The standard InChI is InChI=1S/C21H22N4O4S/c1-2-30(28,29)19-8-6-17(7-9-19)24-21(27)16-4-3-5-18(14-16)23-20(26)10-12-25-13-11-22-15-25/h3-9,11,13-15H,2,10,12H2,1H3,(H,23,26)(H,24,27). The SMILES string of the molecule is CCS(=O)(=O)c1ccc(NC(=O)c2cccc(NC(=O)CCn3ccnc3)c2)cc1. The van der Waals surface area contributed by atoms with Crippen molar-refractivity contribution in [3.05, 3.63) is 72.8 Å². The van der Waals surface area contributed by atoms with Gasteiger partial charge in [-0.05, 0) is 42.5 Å². The Hall–Kier alpha value is -3.46. The number of amides is 2. The predicted molar refractivity (Wildman–Crippen MR) is 114 cm³/mol. The molecule has 2 N–H and O–H groups in total. The van der Waals surface area contributed by atoms with Gasteiger partial charge in [-0.1, -0.05) is 13.0 Å². The summed E-state index contributed by atoms with van der Waals surface area (Å²) in [4.78, 5) is 28.8. The number of nitrogens with zero attached hydrogens (tertiary/aromatic N) is 2. The molecule has 30 heavy (non-hydrogen) atoms. The third-order valence-corrected chi connectivity index (χ3v) is 6.17. The van der Waals surface area contributed by atoms with Gasteiger partial charge in [0.15, 0.2) is 9.84 Å². The van der Waals surface area contributed by atoms with Crippen LogP contribution in [-0.4, -0.2) is 35.5 Å². The van der Waals surface area contributed by atoms with Gasteiger partial charge in [0.2, 0.25) is 5.91 Å². The lowest BCUT2D eigenvalue weighted by Crippen LogP contribution is -2.16. The molecule has 3 rings (SSSR count). The van der Waals surface area contributed by atoms with Crippen molar-refractivity contribution in [3.8, 4) is 0 Å². The molecule has 0 fully saturated rings. The van der Waals surface area contributed by atoms with E-state index in [1.165, 1.54) is 12.1 Å². The maximum Gasteiger partial charge on any atom is 0.255 e. The van der Waals surface area contributed by atoms with Crippen LogP contribution in [0.25, 0.3) is 0 Å². The number of carbonyl (C=O) groups excluding carboxylic acids is 2. The number of benzene rings is 2. The Morgan fingerprint density at radius 1 is 1.03 bits per heavy atom. The largest absolute Gasteiger partial charge is 0.337 e. The van der Waals surface area contributed by atoms with Crippen molar-refractivity contribution in [2.45, 2.75) is 24.8 Å². The smallest absolute Gasteiger partial charge is 0.255 e. The number of aryl methyl sites for hydroxylation is 1. The fourth-order valence-corrected chi connectivity index (χ4v) is 3.61. The molecule has 0 aliphatic carbocycles. The molecule has 2 amide bonds. The summed E-state index contributed by atoms with van der Waals surface area (Å²) in [5.74, 6) is -0.524. The van der Waals surface area contributed by atoms with E-state index in [-0.39, 0.29) is 28.9 Å². The lowest BCUT2D eigenvalue weighted by molar-refractivity contribution is -0.116.